The number of hydrogen-bond acceptors (Lipinski definition) is 5. The van der Waals surface area contributed by atoms with E-state index in [1.807, 2.05) is 0 Å². The molecule has 1 unspecified atom stereocenters. The van der Waals surface area contributed by atoms with Crippen LogP contribution < -0.4 is 11.1 Å². The maximum atomic E-state index is 11.6. The van der Waals surface area contributed by atoms with Gasteiger partial charge in [-0.3, -0.25) is 19.7 Å². The highest BCUT2D eigenvalue weighted by molar-refractivity contribution is 5.96. The molecule has 0 radical (unpaired) electrons. The summed E-state index contributed by atoms with van der Waals surface area (Å²) in [7, 11) is 0. The lowest BCUT2D eigenvalue weighted by atomic mass is 10.1. The van der Waals surface area contributed by atoms with Crippen molar-refractivity contribution in [3.8, 4) is 0 Å². The highest BCUT2D eigenvalue weighted by Crippen LogP contribution is 2.23. The third-order valence-corrected chi connectivity index (χ3v) is 2.36. The summed E-state index contributed by atoms with van der Waals surface area (Å²) in [6.07, 6.45) is -0.284. The lowest BCUT2D eigenvalue weighted by Crippen LogP contribution is -2.36. The number of carboxylic acids is 1. The molecule has 8 heteroatoms. The number of carbonyl (C=O) groups is 2. The molecule has 0 aromatic heterocycles. The number of para-hydroxylation sites is 2. The highest BCUT2D eigenvalue weighted by atomic mass is 16.6. The van der Waals surface area contributed by atoms with Crippen LogP contribution in [0.4, 0.5) is 11.4 Å². The Morgan fingerprint density at radius 3 is 2.63 bits per heavy atom. The van der Waals surface area contributed by atoms with Gasteiger partial charge in [-0.15, -0.1) is 0 Å². The summed E-state index contributed by atoms with van der Waals surface area (Å²) in [6, 6.07) is 4.60. The smallest absolute Gasteiger partial charge is 0.303 e. The molecule has 0 saturated carbocycles. The van der Waals surface area contributed by atoms with Crippen molar-refractivity contribution in [3.63, 3.8) is 0 Å². The van der Waals surface area contributed by atoms with E-state index >= 15 is 0 Å². The van der Waals surface area contributed by atoms with Gasteiger partial charge >= 0.3 is 5.97 Å². The van der Waals surface area contributed by atoms with Gasteiger partial charge in [0.25, 0.3) is 5.69 Å². The normalized spacial score (nSPS) is 11.6. The van der Waals surface area contributed by atoms with Gasteiger partial charge in [-0.25, -0.2) is 0 Å². The first-order chi connectivity index (χ1) is 8.91. The van der Waals surface area contributed by atoms with E-state index in [9.17, 15) is 19.7 Å². The molecule has 1 aromatic carbocycles. The summed E-state index contributed by atoms with van der Waals surface area (Å²) in [4.78, 5) is 32.1. The largest absolute Gasteiger partial charge is 0.481 e. The zero-order chi connectivity index (χ0) is 14.4. The van der Waals surface area contributed by atoms with Crippen molar-refractivity contribution in [2.45, 2.75) is 18.9 Å². The summed E-state index contributed by atoms with van der Waals surface area (Å²) < 4.78 is 0. The summed E-state index contributed by atoms with van der Waals surface area (Å²) in [5, 5.41) is 21.5. The number of aliphatic carboxylic acids is 1. The van der Waals surface area contributed by atoms with Crippen LogP contribution in [0.2, 0.25) is 0 Å². The first-order valence-electron chi connectivity index (χ1n) is 5.43. The molecule has 1 aromatic rings. The molecule has 0 aliphatic carbocycles. The van der Waals surface area contributed by atoms with Crippen molar-refractivity contribution in [1.29, 1.82) is 0 Å². The molecule has 1 atom stereocenters. The van der Waals surface area contributed by atoms with Crippen LogP contribution in [0.5, 0.6) is 0 Å². The fourth-order valence-electron chi connectivity index (χ4n) is 1.37. The number of nitrogens with one attached hydrogen (secondary N) is 1. The van der Waals surface area contributed by atoms with Crippen molar-refractivity contribution in [1.82, 2.24) is 0 Å². The lowest BCUT2D eigenvalue weighted by molar-refractivity contribution is -0.383. The summed E-state index contributed by atoms with van der Waals surface area (Å²) >= 11 is 0. The van der Waals surface area contributed by atoms with Crippen LogP contribution in [0.1, 0.15) is 12.8 Å². The molecule has 0 spiro atoms. The molecule has 0 heterocycles. The van der Waals surface area contributed by atoms with Gasteiger partial charge < -0.3 is 16.2 Å². The molecular weight excluding hydrogens is 254 g/mol. The van der Waals surface area contributed by atoms with E-state index in [1.54, 1.807) is 0 Å². The molecule has 0 aliphatic rings. The van der Waals surface area contributed by atoms with Crippen LogP contribution in [-0.2, 0) is 9.59 Å². The van der Waals surface area contributed by atoms with Gasteiger partial charge in [-0.1, -0.05) is 12.1 Å². The van der Waals surface area contributed by atoms with Crippen molar-refractivity contribution < 1.29 is 19.6 Å². The monoisotopic (exact) mass is 267 g/mol. The minimum Gasteiger partial charge on any atom is -0.481 e. The Bertz CT molecular complexity index is 503. The Kier molecular flexibility index (Phi) is 4.95. The summed E-state index contributed by atoms with van der Waals surface area (Å²) in [5.74, 6) is -1.72. The number of anilines is 1. The van der Waals surface area contributed by atoms with Crippen LogP contribution in [0, 0.1) is 10.1 Å². The summed E-state index contributed by atoms with van der Waals surface area (Å²) in [6.45, 7) is 0. The third kappa shape index (κ3) is 4.36. The third-order valence-electron chi connectivity index (χ3n) is 2.36. The fourth-order valence-corrected chi connectivity index (χ4v) is 1.37. The fraction of sp³-hybridized carbons (Fsp3) is 0.273. The van der Waals surface area contributed by atoms with Gasteiger partial charge in [0.2, 0.25) is 5.91 Å². The Balaban J connectivity index is 2.71. The molecule has 0 fully saturated rings. The number of nitrogens with two attached hydrogens (primary N) is 1. The quantitative estimate of drug-likeness (QED) is 0.513. The van der Waals surface area contributed by atoms with Gasteiger partial charge in [0, 0.05) is 12.5 Å². The molecular formula is C11H13N3O5. The Morgan fingerprint density at radius 2 is 2.05 bits per heavy atom. The second kappa shape index (κ2) is 6.45. The van der Waals surface area contributed by atoms with Crippen molar-refractivity contribution in [2.24, 2.45) is 5.73 Å². The Labute approximate surface area is 108 Å². The van der Waals surface area contributed by atoms with Crippen LogP contribution in [0.15, 0.2) is 24.3 Å². The number of nitro benzene ring substituents is 1. The minimum atomic E-state index is -1.06. The second-order valence-electron chi connectivity index (χ2n) is 3.80. The van der Waals surface area contributed by atoms with Crippen LogP contribution in [-0.4, -0.2) is 27.9 Å². The lowest BCUT2D eigenvalue weighted by Gasteiger charge is -2.11. The van der Waals surface area contributed by atoms with E-state index in [0.29, 0.717) is 0 Å². The maximum absolute atomic E-state index is 11.6. The number of rotatable bonds is 6. The minimum absolute atomic E-state index is 0.0308. The predicted octanol–water partition coefficient (Wildman–Crippen LogP) is 0.725. The zero-order valence-electron chi connectivity index (χ0n) is 9.91. The predicted molar refractivity (Wildman–Crippen MR) is 66.6 cm³/mol. The van der Waals surface area contributed by atoms with E-state index < -0.39 is 22.8 Å². The Morgan fingerprint density at radius 1 is 1.42 bits per heavy atom. The average Bonchev–Trinajstić information content (AvgIpc) is 2.36. The van der Waals surface area contributed by atoms with Gasteiger partial charge in [0.1, 0.15) is 5.69 Å². The number of nitrogens with zero attached hydrogens (tertiary/aromatic N) is 1. The molecule has 0 saturated heterocycles. The Hall–Kier alpha value is -2.48. The number of carboxylic acid groups (broad SMARTS) is 1. The molecule has 1 rings (SSSR count). The van der Waals surface area contributed by atoms with E-state index in [2.05, 4.69) is 5.32 Å². The SMILES string of the molecule is NC(CCC(=O)O)C(=O)Nc1ccccc1[N+](=O)[O-]. The van der Waals surface area contributed by atoms with Crippen LogP contribution in [0.25, 0.3) is 0 Å². The number of carbonyl (C=O) groups excluding carboxylic acids is 1. The molecule has 0 aliphatic heterocycles. The topological polar surface area (TPSA) is 136 Å². The second-order valence-corrected chi connectivity index (χ2v) is 3.80. The van der Waals surface area contributed by atoms with E-state index in [0.717, 1.165) is 0 Å². The standard InChI is InChI=1S/C11H13N3O5/c12-7(5-6-10(15)16)11(17)13-8-3-1-2-4-9(8)14(18)19/h1-4,7H,5-6,12H2,(H,13,17)(H,15,16). The number of benzene rings is 1. The summed E-state index contributed by atoms with van der Waals surface area (Å²) in [5.41, 5.74) is 5.28. The van der Waals surface area contributed by atoms with Crippen molar-refractivity contribution >= 4 is 23.3 Å². The molecule has 19 heavy (non-hydrogen) atoms. The van der Waals surface area contributed by atoms with Crippen LogP contribution >= 0.6 is 0 Å². The van der Waals surface area contributed by atoms with Crippen molar-refractivity contribution in [2.75, 3.05) is 5.32 Å². The van der Waals surface area contributed by atoms with E-state index in [4.69, 9.17) is 10.8 Å². The van der Waals surface area contributed by atoms with E-state index in [-0.39, 0.29) is 24.2 Å². The number of hydrogen-bond donors (Lipinski definition) is 3. The number of nitro groups is 1. The van der Waals surface area contributed by atoms with Gasteiger partial charge in [-0.2, -0.15) is 0 Å². The molecule has 4 N–H and O–H groups in total. The highest BCUT2D eigenvalue weighted by Gasteiger charge is 2.19. The zero-order valence-corrected chi connectivity index (χ0v) is 9.91. The van der Waals surface area contributed by atoms with E-state index in [1.165, 1.54) is 24.3 Å². The van der Waals surface area contributed by atoms with Crippen LogP contribution in [0.3, 0.4) is 0 Å². The number of amides is 1. The van der Waals surface area contributed by atoms with Crippen molar-refractivity contribution in [3.05, 3.63) is 34.4 Å². The molecule has 102 valence electrons. The first-order valence-corrected chi connectivity index (χ1v) is 5.43. The molecule has 8 nitrogen and oxygen atoms in total. The van der Waals surface area contributed by atoms with Gasteiger partial charge in [0.15, 0.2) is 0 Å². The van der Waals surface area contributed by atoms with Gasteiger partial charge in [-0.05, 0) is 12.5 Å². The maximum Gasteiger partial charge on any atom is 0.303 e. The average molecular weight is 267 g/mol. The first kappa shape index (κ1) is 14.6. The van der Waals surface area contributed by atoms with Gasteiger partial charge in [0.05, 0.1) is 11.0 Å². The molecule has 1 amide bonds. The molecule has 0 bridgehead atoms.